The highest BCUT2D eigenvalue weighted by molar-refractivity contribution is 8.00. The summed E-state index contributed by atoms with van der Waals surface area (Å²) in [6.45, 7) is 2.21. The number of nitrogens with one attached hydrogen (secondary N) is 1. The van der Waals surface area contributed by atoms with Gasteiger partial charge in [-0.2, -0.15) is 9.36 Å². The van der Waals surface area contributed by atoms with Crippen LogP contribution in [0.15, 0.2) is 53.2 Å². The second kappa shape index (κ2) is 9.58. The Kier molecular flexibility index (Phi) is 6.32. The zero-order valence-electron chi connectivity index (χ0n) is 18.9. The fraction of sp³-hybridized carbons (Fsp3) is 0.286. The van der Waals surface area contributed by atoms with Crippen LogP contribution >= 0.6 is 23.3 Å². The predicted octanol–water partition coefficient (Wildman–Crippen LogP) is -0.160. The molecule has 0 bridgehead atoms. The number of pyridine rings is 1. The molecule has 0 spiro atoms. The number of nitrogens with two attached hydrogens (primary N) is 1. The van der Waals surface area contributed by atoms with Crippen LogP contribution in [0.25, 0.3) is 5.65 Å². The number of thioether (sulfide) groups is 1. The Morgan fingerprint density at radius 1 is 1.39 bits per heavy atom. The number of hydrogen-bond acceptors (Lipinski definition) is 10. The van der Waals surface area contributed by atoms with E-state index in [4.69, 9.17) is 10.6 Å². The number of carboxylic acid groups (broad SMARTS) is 1. The van der Waals surface area contributed by atoms with Crippen LogP contribution in [0.3, 0.4) is 0 Å². The number of aliphatic carboxylic acids is 1. The van der Waals surface area contributed by atoms with Gasteiger partial charge >= 0.3 is 5.97 Å². The summed E-state index contributed by atoms with van der Waals surface area (Å²) in [5.74, 6) is -2.08. The first-order chi connectivity index (χ1) is 17.4. The van der Waals surface area contributed by atoms with Crippen LogP contribution in [0.1, 0.15) is 12.7 Å². The molecule has 3 aromatic rings. The van der Waals surface area contributed by atoms with Crippen molar-refractivity contribution in [1.29, 1.82) is 0 Å². The highest BCUT2D eigenvalue weighted by Gasteiger charge is 2.54. The van der Waals surface area contributed by atoms with Gasteiger partial charge in [0.25, 0.3) is 17.5 Å². The van der Waals surface area contributed by atoms with E-state index in [1.165, 1.54) is 16.7 Å². The Labute approximate surface area is 212 Å². The van der Waals surface area contributed by atoms with E-state index in [1.54, 1.807) is 6.92 Å². The van der Waals surface area contributed by atoms with Crippen molar-refractivity contribution in [3.63, 3.8) is 0 Å². The SMILES string of the molecule is CCO/N=C(\C(=O)N[C@@H]1C(=O)N2C(C(=O)O)=C(C[n+]3ccn4ccccc43)CS[C@H]12)c1nsc(N)n1. The number of amides is 2. The Morgan fingerprint density at radius 3 is 2.94 bits per heavy atom. The minimum absolute atomic E-state index is 0.0198. The van der Waals surface area contributed by atoms with Gasteiger partial charge in [0, 0.05) is 28.9 Å². The van der Waals surface area contributed by atoms with E-state index in [0.717, 1.165) is 17.2 Å². The number of imidazole rings is 1. The van der Waals surface area contributed by atoms with Crippen LogP contribution in [0.4, 0.5) is 5.13 Å². The molecule has 15 heteroatoms. The molecule has 1 saturated heterocycles. The maximum absolute atomic E-state index is 13.1. The predicted molar refractivity (Wildman–Crippen MR) is 130 cm³/mol. The molecule has 2 amide bonds. The van der Waals surface area contributed by atoms with Gasteiger partial charge < -0.3 is 21.0 Å². The first-order valence-corrected chi connectivity index (χ1v) is 12.7. The lowest BCUT2D eigenvalue weighted by molar-refractivity contribution is -0.662. The van der Waals surface area contributed by atoms with Gasteiger partial charge in [0.15, 0.2) is 5.13 Å². The van der Waals surface area contributed by atoms with Crippen LogP contribution < -0.4 is 15.6 Å². The number of carbonyl (C=O) groups excluding carboxylic acids is 2. The smallest absolute Gasteiger partial charge is 0.352 e. The Hall–Kier alpha value is -3.98. The van der Waals surface area contributed by atoms with Crippen LogP contribution in [-0.2, 0) is 25.8 Å². The van der Waals surface area contributed by atoms with E-state index in [9.17, 15) is 19.5 Å². The van der Waals surface area contributed by atoms with Crippen molar-refractivity contribution in [2.45, 2.75) is 24.9 Å². The third-order valence-electron chi connectivity index (χ3n) is 5.62. The quantitative estimate of drug-likeness (QED) is 0.155. The number of anilines is 1. The summed E-state index contributed by atoms with van der Waals surface area (Å²) in [6, 6.07) is 4.78. The molecule has 0 radical (unpaired) electrons. The molecule has 1 fully saturated rings. The number of aromatic nitrogens is 4. The Morgan fingerprint density at radius 2 is 2.22 bits per heavy atom. The average Bonchev–Trinajstić information content (AvgIpc) is 3.48. The summed E-state index contributed by atoms with van der Waals surface area (Å²) in [6.07, 6.45) is 5.63. The number of carboxylic acids is 1. The lowest BCUT2D eigenvalue weighted by atomic mass is 10.0. The third kappa shape index (κ3) is 4.15. The highest BCUT2D eigenvalue weighted by atomic mass is 32.2. The fourth-order valence-corrected chi connectivity index (χ4v) is 5.81. The Bertz CT molecular complexity index is 1430. The molecule has 2 atom stereocenters. The molecule has 5 rings (SSSR count). The molecular formula is C21H21N8O5S2+. The second-order valence-corrected chi connectivity index (χ2v) is 9.71. The van der Waals surface area contributed by atoms with Crippen molar-refractivity contribution in [1.82, 2.24) is 24.0 Å². The van der Waals surface area contributed by atoms with E-state index in [1.807, 2.05) is 45.8 Å². The summed E-state index contributed by atoms with van der Waals surface area (Å²) < 4.78 is 7.83. The maximum atomic E-state index is 13.1. The molecule has 13 nitrogen and oxygen atoms in total. The van der Waals surface area contributed by atoms with Gasteiger partial charge in [-0.15, -0.1) is 11.8 Å². The van der Waals surface area contributed by atoms with Gasteiger partial charge in [-0.05, 0) is 13.0 Å². The van der Waals surface area contributed by atoms with Gasteiger partial charge in [-0.1, -0.05) is 11.2 Å². The first-order valence-electron chi connectivity index (χ1n) is 10.8. The number of rotatable bonds is 8. The second-order valence-electron chi connectivity index (χ2n) is 7.82. The van der Waals surface area contributed by atoms with Crippen molar-refractivity contribution in [2.24, 2.45) is 5.16 Å². The van der Waals surface area contributed by atoms with E-state index in [2.05, 4.69) is 19.8 Å². The molecule has 5 heterocycles. The molecule has 3 aromatic heterocycles. The van der Waals surface area contributed by atoms with Crippen molar-refractivity contribution in [2.75, 3.05) is 18.1 Å². The molecule has 4 N–H and O–H groups in total. The van der Waals surface area contributed by atoms with Crippen molar-refractivity contribution in [3.05, 3.63) is 53.9 Å². The van der Waals surface area contributed by atoms with Crippen molar-refractivity contribution < 1.29 is 28.9 Å². The van der Waals surface area contributed by atoms with Crippen molar-refractivity contribution in [3.8, 4) is 0 Å². The van der Waals surface area contributed by atoms with E-state index in [0.29, 0.717) is 17.9 Å². The molecule has 0 saturated carbocycles. The standard InChI is InChI=1S/C21H20N8O5S2/c1-2-34-25-13(16-24-21(22)36-26-16)17(30)23-14-18(31)29-15(20(32)33)11(10-35-19(14)29)9-28-8-7-27-6-4-3-5-12(27)28/h3-8,14,19H,2,9-10H2,1H3,(H3-,22,23,24,26,30,32,33)/p+1/b25-13-/t14-,19-/m1/s1. The molecule has 0 aromatic carbocycles. The lowest BCUT2D eigenvalue weighted by Gasteiger charge is -2.49. The number of hydrogen-bond donors (Lipinski definition) is 3. The molecule has 0 unspecified atom stereocenters. The van der Waals surface area contributed by atoms with Gasteiger partial charge in [-0.25, -0.2) is 13.8 Å². The van der Waals surface area contributed by atoms with Gasteiger partial charge in [0.2, 0.25) is 11.5 Å². The zero-order chi connectivity index (χ0) is 25.4. The van der Waals surface area contributed by atoms with Gasteiger partial charge in [-0.3, -0.25) is 14.5 Å². The lowest BCUT2D eigenvalue weighted by Crippen LogP contribution is -2.71. The van der Waals surface area contributed by atoms with E-state index in [-0.39, 0.29) is 29.0 Å². The molecule has 2 aliphatic heterocycles. The van der Waals surface area contributed by atoms with Crippen LogP contribution in [0.2, 0.25) is 0 Å². The van der Waals surface area contributed by atoms with Gasteiger partial charge in [0.05, 0.1) is 6.20 Å². The molecular weight excluding hydrogens is 508 g/mol. The van der Waals surface area contributed by atoms with Gasteiger partial charge in [0.1, 0.15) is 42.7 Å². The average molecular weight is 530 g/mol. The summed E-state index contributed by atoms with van der Waals surface area (Å²) in [5.41, 5.74) is 6.83. The molecule has 36 heavy (non-hydrogen) atoms. The van der Waals surface area contributed by atoms with Crippen LogP contribution in [-0.4, -0.2) is 71.0 Å². The molecule has 186 valence electrons. The fourth-order valence-electron chi connectivity index (χ4n) is 4.04. The summed E-state index contributed by atoms with van der Waals surface area (Å²) in [7, 11) is 0. The number of carbonyl (C=O) groups is 3. The maximum Gasteiger partial charge on any atom is 0.352 e. The highest BCUT2D eigenvalue weighted by Crippen LogP contribution is 2.40. The molecule has 0 aliphatic carbocycles. The van der Waals surface area contributed by atoms with Crippen LogP contribution in [0, 0.1) is 0 Å². The normalized spacial score (nSPS) is 19.8. The summed E-state index contributed by atoms with van der Waals surface area (Å²) >= 11 is 2.27. The third-order valence-corrected chi connectivity index (χ3v) is 7.50. The number of β-lactam (4-membered cyclic amide) rings is 1. The van der Waals surface area contributed by atoms with Crippen LogP contribution in [0.5, 0.6) is 0 Å². The minimum atomic E-state index is -1.20. The van der Waals surface area contributed by atoms with E-state index >= 15 is 0 Å². The Balaban J connectivity index is 1.37. The minimum Gasteiger partial charge on any atom is -0.477 e. The monoisotopic (exact) mass is 529 g/mol. The van der Waals surface area contributed by atoms with Crippen molar-refractivity contribution >= 4 is 57.6 Å². The first kappa shape index (κ1) is 23.7. The number of nitrogens with zero attached hydrogens (tertiary/aromatic N) is 6. The number of fused-ring (bicyclic) bond motifs is 2. The summed E-state index contributed by atoms with van der Waals surface area (Å²) in [4.78, 5) is 48.4. The topological polar surface area (TPSA) is 168 Å². The number of oxime groups is 1. The summed E-state index contributed by atoms with van der Waals surface area (Å²) in [5, 5.41) is 15.9. The zero-order valence-corrected chi connectivity index (χ0v) is 20.5. The van der Waals surface area contributed by atoms with E-state index < -0.39 is 29.2 Å². The largest absolute Gasteiger partial charge is 0.477 e. The molecule has 2 aliphatic rings. The number of nitrogen functional groups attached to an aromatic ring is 1.